The molecule has 5 nitrogen and oxygen atoms in total. The van der Waals surface area contributed by atoms with E-state index < -0.39 is 16.1 Å². The topological polar surface area (TPSA) is 80.7 Å². The van der Waals surface area contributed by atoms with Gasteiger partial charge >= 0.3 is 5.97 Å². The van der Waals surface area contributed by atoms with Crippen molar-refractivity contribution in [2.75, 3.05) is 0 Å². The number of unbranched alkanes of at least 4 members (excludes halogenated alkanes) is 5. The van der Waals surface area contributed by atoms with Crippen LogP contribution in [0.1, 0.15) is 51.9 Å². The molecule has 0 saturated carbocycles. The van der Waals surface area contributed by atoms with E-state index in [9.17, 15) is 13.2 Å². The smallest absolute Gasteiger partial charge is 0.311 e. The first kappa shape index (κ1) is 21.6. The summed E-state index contributed by atoms with van der Waals surface area (Å²) >= 11 is 0. The van der Waals surface area contributed by atoms with Crippen LogP contribution in [-0.2, 0) is 14.9 Å². The van der Waals surface area contributed by atoms with Crippen molar-refractivity contribution in [3.63, 3.8) is 0 Å². The second-order valence-electron chi connectivity index (χ2n) is 4.91. The van der Waals surface area contributed by atoms with Crippen LogP contribution in [0.2, 0.25) is 0 Å². The molecule has 1 radical (unpaired) electrons. The third-order valence-corrected chi connectivity index (χ3v) is 3.98. The standard InChI is InChI=1S/C15H22O5S.Na/c1-2-3-4-5-6-7-12-15(16)20-13-10-8-9-11-14(13)21(17,18)19;/h8-11H,2-7,12H2,1H3,(H,17,18,19);. The fourth-order valence-electron chi connectivity index (χ4n) is 1.97. The molecule has 1 rings (SSSR count). The van der Waals surface area contributed by atoms with Crippen molar-refractivity contribution in [1.82, 2.24) is 0 Å². The molecule has 119 valence electrons. The molecule has 0 fully saturated rings. The van der Waals surface area contributed by atoms with E-state index in [2.05, 4.69) is 6.92 Å². The molecule has 1 N–H and O–H groups in total. The minimum absolute atomic E-state index is 0. The maximum atomic E-state index is 11.7. The van der Waals surface area contributed by atoms with Gasteiger partial charge in [-0.05, 0) is 18.6 Å². The van der Waals surface area contributed by atoms with Gasteiger partial charge in [-0.3, -0.25) is 9.35 Å². The van der Waals surface area contributed by atoms with Crippen molar-refractivity contribution in [3.05, 3.63) is 24.3 Å². The minimum atomic E-state index is -4.39. The molecule has 0 bridgehead atoms. The molecular weight excluding hydrogens is 315 g/mol. The molecule has 0 aliphatic carbocycles. The molecule has 7 heteroatoms. The van der Waals surface area contributed by atoms with Crippen LogP contribution >= 0.6 is 0 Å². The summed E-state index contributed by atoms with van der Waals surface area (Å²) in [5, 5.41) is 0. The van der Waals surface area contributed by atoms with Crippen molar-refractivity contribution in [2.45, 2.75) is 56.8 Å². The first-order valence-electron chi connectivity index (χ1n) is 7.22. The first-order valence-corrected chi connectivity index (χ1v) is 8.66. The first-order chi connectivity index (χ1) is 9.95. The van der Waals surface area contributed by atoms with E-state index in [1.807, 2.05) is 0 Å². The van der Waals surface area contributed by atoms with Crippen molar-refractivity contribution < 1.29 is 22.5 Å². The Morgan fingerprint density at radius 2 is 1.68 bits per heavy atom. The van der Waals surface area contributed by atoms with Crippen molar-refractivity contribution in [3.8, 4) is 5.75 Å². The summed E-state index contributed by atoms with van der Waals surface area (Å²) in [6.07, 6.45) is 6.54. The van der Waals surface area contributed by atoms with Gasteiger partial charge in [-0.25, -0.2) is 0 Å². The van der Waals surface area contributed by atoms with Crippen LogP contribution in [0.4, 0.5) is 0 Å². The second-order valence-corrected chi connectivity index (χ2v) is 6.30. The largest absolute Gasteiger partial charge is 0.425 e. The van der Waals surface area contributed by atoms with Crippen LogP contribution < -0.4 is 4.74 Å². The molecule has 0 aliphatic heterocycles. The van der Waals surface area contributed by atoms with Gasteiger partial charge in [0, 0.05) is 36.0 Å². The third-order valence-electron chi connectivity index (χ3n) is 3.09. The van der Waals surface area contributed by atoms with Crippen molar-refractivity contribution in [1.29, 1.82) is 0 Å². The molecule has 0 unspecified atom stereocenters. The molecule has 22 heavy (non-hydrogen) atoms. The quantitative estimate of drug-likeness (QED) is 0.246. The van der Waals surface area contributed by atoms with Gasteiger partial charge in [-0.2, -0.15) is 8.42 Å². The van der Waals surface area contributed by atoms with Crippen molar-refractivity contribution in [2.24, 2.45) is 0 Å². The van der Waals surface area contributed by atoms with E-state index in [1.165, 1.54) is 31.0 Å². The number of hydrogen-bond acceptors (Lipinski definition) is 4. The minimum Gasteiger partial charge on any atom is -0.425 e. The zero-order chi connectivity index (χ0) is 15.7. The van der Waals surface area contributed by atoms with Gasteiger partial charge in [0.2, 0.25) is 0 Å². The number of benzene rings is 1. The number of ether oxygens (including phenoxy) is 1. The van der Waals surface area contributed by atoms with E-state index in [1.54, 1.807) is 6.07 Å². The normalized spacial score (nSPS) is 10.8. The summed E-state index contributed by atoms with van der Waals surface area (Å²) in [6.45, 7) is 2.14. The summed E-state index contributed by atoms with van der Waals surface area (Å²) in [5.41, 5.74) is 0. The number of carbonyl (C=O) groups is 1. The third kappa shape index (κ3) is 8.29. The number of carbonyl (C=O) groups excluding carboxylic acids is 1. The molecule has 1 aromatic carbocycles. The summed E-state index contributed by atoms with van der Waals surface area (Å²) < 4.78 is 36.4. The SMILES string of the molecule is CCCCCCCCC(=O)Oc1ccccc1S(=O)(=O)O.[Na]. The summed E-state index contributed by atoms with van der Waals surface area (Å²) in [5.74, 6) is -0.613. The van der Waals surface area contributed by atoms with Gasteiger partial charge in [0.1, 0.15) is 4.90 Å². The Kier molecular flexibility index (Phi) is 11.0. The average Bonchev–Trinajstić information content (AvgIpc) is 2.42. The molecular formula is C15H22NaO5S. The summed E-state index contributed by atoms with van der Waals surface area (Å²) in [6, 6.07) is 5.54. The Bertz CT molecular complexity index is 557. The van der Waals surface area contributed by atoms with Crippen LogP contribution in [-0.4, -0.2) is 48.5 Å². The Hall–Kier alpha value is -0.400. The Balaban J connectivity index is 0.00000441. The second kappa shape index (κ2) is 11.2. The van der Waals surface area contributed by atoms with Crippen LogP contribution in [0.25, 0.3) is 0 Å². The number of hydrogen-bond donors (Lipinski definition) is 1. The van der Waals surface area contributed by atoms with Crippen LogP contribution in [0, 0.1) is 0 Å². The van der Waals surface area contributed by atoms with Gasteiger partial charge in [0.05, 0.1) is 0 Å². The Morgan fingerprint density at radius 1 is 1.09 bits per heavy atom. The van der Waals surface area contributed by atoms with Crippen molar-refractivity contribution >= 4 is 45.6 Å². The zero-order valence-electron chi connectivity index (χ0n) is 13.2. The molecule has 0 saturated heterocycles. The number of rotatable bonds is 9. The molecule has 0 aliphatic rings. The van der Waals surface area contributed by atoms with E-state index >= 15 is 0 Å². The Morgan fingerprint density at radius 3 is 2.32 bits per heavy atom. The van der Waals surface area contributed by atoms with Gasteiger partial charge in [-0.15, -0.1) is 0 Å². The molecule has 0 heterocycles. The molecule has 0 amide bonds. The fraction of sp³-hybridized carbons (Fsp3) is 0.533. The monoisotopic (exact) mass is 337 g/mol. The van der Waals surface area contributed by atoms with E-state index in [0.717, 1.165) is 25.7 Å². The molecule has 0 aromatic heterocycles. The predicted octanol–water partition coefficient (Wildman–Crippen LogP) is 3.21. The molecule has 0 atom stereocenters. The van der Waals surface area contributed by atoms with Crippen LogP contribution in [0.3, 0.4) is 0 Å². The zero-order valence-corrected chi connectivity index (χ0v) is 16.1. The van der Waals surface area contributed by atoms with Gasteiger partial charge < -0.3 is 4.74 Å². The Labute approximate surface area is 154 Å². The predicted molar refractivity (Wildman–Crippen MR) is 85.6 cm³/mol. The van der Waals surface area contributed by atoms with E-state index in [-0.39, 0.29) is 46.6 Å². The number of esters is 1. The molecule has 0 spiro atoms. The van der Waals surface area contributed by atoms with E-state index in [0.29, 0.717) is 0 Å². The maximum Gasteiger partial charge on any atom is 0.311 e. The van der Waals surface area contributed by atoms with Gasteiger partial charge in [-0.1, -0.05) is 51.2 Å². The van der Waals surface area contributed by atoms with Crippen LogP contribution in [0.15, 0.2) is 29.2 Å². The van der Waals surface area contributed by atoms with Crippen LogP contribution in [0.5, 0.6) is 5.75 Å². The fourth-order valence-corrected chi connectivity index (χ4v) is 2.59. The summed E-state index contributed by atoms with van der Waals surface area (Å²) in [7, 11) is -4.39. The van der Waals surface area contributed by atoms with Gasteiger partial charge in [0.25, 0.3) is 10.1 Å². The maximum absolute atomic E-state index is 11.7. The van der Waals surface area contributed by atoms with E-state index in [4.69, 9.17) is 9.29 Å². The number of para-hydroxylation sites is 1. The average molecular weight is 337 g/mol. The van der Waals surface area contributed by atoms with Gasteiger partial charge in [0.15, 0.2) is 5.75 Å². The molecule has 1 aromatic rings. The summed E-state index contributed by atoms with van der Waals surface area (Å²) in [4.78, 5) is 11.3.